The summed E-state index contributed by atoms with van der Waals surface area (Å²) in [6, 6.07) is 0. The summed E-state index contributed by atoms with van der Waals surface area (Å²) in [4.78, 5) is 38.6. The fraction of sp³-hybridized carbons (Fsp3) is 0.200. The second-order valence-corrected chi connectivity index (χ2v) is 4.51. The molecule has 2 heterocycles. The number of carboxylic acid groups (broad SMARTS) is 1. The van der Waals surface area contributed by atoms with Crippen molar-refractivity contribution in [3.8, 4) is 0 Å². The molecule has 1 N–H and O–H groups in total. The third-order valence-electron chi connectivity index (χ3n) is 2.23. The first-order valence-corrected chi connectivity index (χ1v) is 5.54. The van der Waals surface area contributed by atoms with Crippen LogP contribution < -0.4 is 0 Å². The van der Waals surface area contributed by atoms with Crippen LogP contribution in [0, 0.1) is 6.92 Å². The van der Waals surface area contributed by atoms with Gasteiger partial charge in [0.25, 0.3) is 11.8 Å². The number of aromatic nitrogens is 1. The number of carboxylic acids is 1. The van der Waals surface area contributed by atoms with Crippen LogP contribution in [0.2, 0.25) is 0 Å². The molecule has 0 atom stereocenters. The quantitative estimate of drug-likeness (QED) is 0.795. The third-order valence-corrected chi connectivity index (χ3v) is 3.36. The van der Waals surface area contributed by atoms with E-state index in [1.165, 1.54) is 12.2 Å². The van der Waals surface area contributed by atoms with E-state index in [1.54, 1.807) is 6.92 Å². The molecule has 0 spiro atoms. The smallest absolute Gasteiger partial charge is 0.347 e. The molecular weight excluding hydrogens is 244 g/mol. The number of amides is 2. The normalized spacial score (nSPS) is 14.8. The minimum Gasteiger partial charge on any atom is -0.477 e. The van der Waals surface area contributed by atoms with Gasteiger partial charge in [0.05, 0.1) is 12.2 Å². The first-order chi connectivity index (χ1) is 7.99. The van der Waals surface area contributed by atoms with Crippen LogP contribution >= 0.6 is 11.3 Å². The summed E-state index contributed by atoms with van der Waals surface area (Å²) in [5.74, 6) is -1.86. The summed E-state index contributed by atoms with van der Waals surface area (Å²) in [5.41, 5.74) is 0.393. The van der Waals surface area contributed by atoms with Crippen LogP contribution in [-0.2, 0) is 16.1 Å². The number of hydrogen-bond acceptors (Lipinski definition) is 5. The number of carbonyl (C=O) groups is 3. The second kappa shape index (κ2) is 4.10. The second-order valence-electron chi connectivity index (χ2n) is 3.42. The van der Waals surface area contributed by atoms with Gasteiger partial charge in [0.2, 0.25) is 0 Å². The molecule has 1 aromatic heterocycles. The monoisotopic (exact) mass is 252 g/mol. The summed E-state index contributed by atoms with van der Waals surface area (Å²) in [6.45, 7) is 1.60. The molecule has 0 saturated heterocycles. The van der Waals surface area contributed by atoms with Gasteiger partial charge in [-0.25, -0.2) is 9.78 Å². The Morgan fingerprint density at radius 1 is 1.41 bits per heavy atom. The van der Waals surface area contributed by atoms with Gasteiger partial charge in [0, 0.05) is 12.2 Å². The van der Waals surface area contributed by atoms with Crippen molar-refractivity contribution in [2.45, 2.75) is 13.5 Å². The maximum Gasteiger partial charge on any atom is 0.347 e. The highest BCUT2D eigenvalue weighted by atomic mass is 32.1. The zero-order chi connectivity index (χ0) is 12.6. The number of carbonyl (C=O) groups excluding carboxylic acids is 2. The van der Waals surface area contributed by atoms with Crippen molar-refractivity contribution in [1.29, 1.82) is 0 Å². The molecule has 1 aliphatic heterocycles. The lowest BCUT2D eigenvalue weighted by Gasteiger charge is -2.10. The number of nitrogens with zero attached hydrogens (tertiary/aromatic N) is 2. The molecule has 6 nitrogen and oxygen atoms in total. The van der Waals surface area contributed by atoms with E-state index >= 15 is 0 Å². The molecule has 7 heteroatoms. The van der Waals surface area contributed by atoms with E-state index in [2.05, 4.69) is 4.98 Å². The lowest BCUT2D eigenvalue weighted by molar-refractivity contribution is -0.137. The van der Waals surface area contributed by atoms with Crippen molar-refractivity contribution in [2.24, 2.45) is 0 Å². The Hall–Kier alpha value is -2.02. The fourth-order valence-corrected chi connectivity index (χ4v) is 2.33. The number of aryl methyl sites for hydroxylation is 1. The van der Waals surface area contributed by atoms with Crippen molar-refractivity contribution in [3.63, 3.8) is 0 Å². The number of hydrogen-bond donors (Lipinski definition) is 1. The van der Waals surface area contributed by atoms with Gasteiger partial charge in [-0.05, 0) is 6.92 Å². The molecule has 1 aliphatic rings. The van der Waals surface area contributed by atoms with Gasteiger partial charge in [-0.15, -0.1) is 11.3 Å². The maximum atomic E-state index is 11.3. The van der Waals surface area contributed by atoms with Crippen LogP contribution in [0.5, 0.6) is 0 Å². The van der Waals surface area contributed by atoms with Gasteiger partial charge in [0.1, 0.15) is 9.88 Å². The molecule has 2 rings (SSSR count). The average molecular weight is 252 g/mol. The summed E-state index contributed by atoms with van der Waals surface area (Å²) >= 11 is 0.974. The van der Waals surface area contributed by atoms with Crippen molar-refractivity contribution in [1.82, 2.24) is 9.88 Å². The SMILES string of the molecule is Cc1nc(CN2C(=O)C=CC2=O)sc1C(=O)O. The molecule has 0 aliphatic carbocycles. The summed E-state index contributed by atoms with van der Waals surface area (Å²) < 4.78 is 0. The minimum atomic E-state index is -1.05. The van der Waals surface area contributed by atoms with Gasteiger partial charge < -0.3 is 5.11 Å². The number of aromatic carboxylic acids is 1. The van der Waals surface area contributed by atoms with E-state index in [0.717, 1.165) is 16.2 Å². The number of rotatable bonds is 3. The Morgan fingerprint density at radius 3 is 2.47 bits per heavy atom. The molecular formula is C10H8N2O4S. The zero-order valence-electron chi connectivity index (χ0n) is 8.84. The minimum absolute atomic E-state index is 0.0173. The van der Waals surface area contributed by atoms with Crippen LogP contribution in [0.3, 0.4) is 0 Å². The molecule has 0 aromatic carbocycles. The van der Waals surface area contributed by atoms with Gasteiger partial charge >= 0.3 is 5.97 Å². The van der Waals surface area contributed by atoms with Crippen LogP contribution in [0.1, 0.15) is 20.4 Å². The van der Waals surface area contributed by atoms with Crippen molar-refractivity contribution >= 4 is 29.1 Å². The molecule has 0 bridgehead atoms. The Balaban J connectivity index is 2.20. The molecule has 0 saturated carbocycles. The highest BCUT2D eigenvalue weighted by molar-refractivity contribution is 7.13. The molecule has 0 radical (unpaired) electrons. The van der Waals surface area contributed by atoms with Crippen molar-refractivity contribution < 1.29 is 19.5 Å². The Bertz CT molecular complexity index is 529. The van der Waals surface area contributed by atoms with Gasteiger partial charge in [0.15, 0.2) is 0 Å². The molecule has 17 heavy (non-hydrogen) atoms. The standard InChI is InChI=1S/C10H8N2O4S/c1-5-9(10(15)16)17-6(11-5)4-12-7(13)2-3-8(12)14/h2-3H,4H2,1H3,(H,15,16). The Kier molecular flexibility index (Phi) is 2.76. The third kappa shape index (κ3) is 2.09. The largest absolute Gasteiger partial charge is 0.477 e. The summed E-state index contributed by atoms with van der Waals surface area (Å²) in [5, 5.41) is 9.29. The highest BCUT2D eigenvalue weighted by Crippen LogP contribution is 2.20. The lowest BCUT2D eigenvalue weighted by atomic mass is 10.4. The molecule has 2 amide bonds. The van der Waals surface area contributed by atoms with E-state index in [4.69, 9.17) is 5.11 Å². The molecule has 88 valence electrons. The van der Waals surface area contributed by atoms with E-state index in [0.29, 0.717) is 10.7 Å². The number of imide groups is 1. The van der Waals surface area contributed by atoms with Gasteiger partial charge in [-0.1, -0.05) is 0 Å². The predicted octanol–water partition coefficient (Wildman–Crippen LogP) is 0.575. The molecule has 1 aromatic rings. The molecule has 0 unspecified atom stereocenters. The predicted molar refractivity (Wildman–Crippen MR) is 58.5 cm³/mol. The lowest BCUT2D eigenvalue weighted by Crippen LogP contribution is -2.29. The van der Waals surface area contributed by atoms with E-state index < -0.39 is 17.8 Å². The Morgan fingerprint density at radius 2 is 2.00 bits per heavy atom. The first-order valence-electron chi connectivity index (χ1n) is 4.72. The van der Waals surface area contributed by atoms with Crippen molar-refractivity contribution in [3.05, 3.63) is 27.7 Å². The van der Waals surface area contributed by atoms with E-state index in [9.17, 15) is 14.4 Å². The average Bonchev–Trinajstić information content (AvgIpc) is 2.76. The summed E-state index contributed by atoms with van der Waals surface area (Å²) in [6.07, 6.45) is 2.36. The van der Waals surface area contributed by atoms with Crippen molar-refractivity contribution in [2.75, 3.05) is 0 Å². The van der Waals surface area contributed by atoms with Crippen LogP contribution in [0.4, 0.5) is 0 Å². The maximum absolute atomic E-state index is 11.3. The van der Waals surface area contributed by atoms with Crippen LogP contribution in [0.25, 0.3) is 0 Å². The van der Waals surface area contributed by atoms with Gasteiger partial charge in [-0.3, -0.25) is 14.5 Å². The van der Waals surface area contributed by atoms with Gasteiger partial charge in [-0.2, -0.15) is 0 Å². The zero-order valence-corrected chi connectivity index (χ0v) is 9.65. The van der Waals surface area contributed by atoms with E-state index in [1.807, 2.05) is 0 Å². The Labute approximate surface area is 100 Å². The van der Waals surface area contributed by atoms with Crippen LogP contribution in [-0.4, -0.2) is 32.8 Å². The van der Waals surface area contributed by atoms with Crippen LogP contribution in [0.15, 0.2) is 12.2 Å². The number of thiazole rings is 1. The fourth-order valence-electron chi connectivity index (χ4n) is 1.44. The molecule has 0 fully saturated rings. The highest BCUT2D eigenvalue weighted by Gasteiger charge is 2.25. The summed E-state index contributed by atoms with van der Waals surface area (Å²) in [7, 11) is 0. The topological polar surface area (TPSA) is 87.6 Å². The van der Waals surface area contributed by atoms with E-state index in [-0.39, 0.29) is 11.4 Å². The first kappa shape index (κ1) is 11.5.